The number of methoxy groups -OCH3 is 1. The molecule has 9 heteroatoms. The van der Waals surface area contributed by atoms with Crippen LogP contribution in [0.4, 0.5) is 4.39 Å². The maximum Gasteiger partial charge on any atom is 0.253 e. The van der Waals surface area contributed by atoms with Crippen LogP contribution in [0.25, 0.3) is 11.4 Å². The number of carbonyl (C=O) groups is 1. The average molecular weight is 450 g/mol. The highest BCUT2D eigenvalue weighted by Crippen LogP contribution is 2.35. The molecule has 2 aromatic carbocycles. The molecule has 0 N–H and O–H groups in total. The van der Waals surface area contributed by atoms with Crippen molar-refractivity contribution < 1.29 is 18.4 Å². The molecule has 6 nitrogen and oxygen atoms in total. The summed E-state index contributed by atoms with van der Waals surface area (Å²) in [5.41, 5.74) is 0.925. The van der Waals surface area contributed by atoms with Gasteiger partial charge in [-0.2, -0.15) is 4.98 Å². The van der Waals surface area contributed by atoms with Crippen LogP contribution < -0.4 is 4.74 Å². The molecule has 0 aliphatic carbocycles. The monoisotopic (exact) mass is 449 g/mol. The zero-order valence-corrected chi connectivity index (χ0v) is 17.6. The van der Waals surface area contributed by atoms with Crippen molar-refractivity contribution in [3.05, 3.63) is 63.7 Å². The van der Waals surface area contributed by atoms with E-state index in [1.807, 2.05) is 0 Å². The molecule has 156 valence electrons. The molecule has 1 fully saturated rings. The van der Waals surface area contributed by atoms with Crippen LogP contribution in [0.15, 0.2) is 40.9 Å². The zero-order valence-electron chi connectivity index (χ0n) is 16.1. The van der Waals surface area contributed by atoms with Gasteiger partial charge in [-0.05, 0) is 37.1 Å². The number of hydrogen-bond acceptors (Lipinski definition) is 5. The van der Waals surface area contributed by atoms with E-state index in [1.54, 1.807) is 29.2 Å². The number of ether oxygens (including phenoxy) is 1. The van der Waals surface area contributed by atoms with Gasteiger partial charge in [0, 0.05) is 24.2 Å². The quantitative estimate of drug-likeness (QED) is 0.546. The van der Waals surface area contributed by atoms with Gasteiger partial charge in [-0.3, -0.25) is 4.79 Å². The fraction of sp³-hybridized carbons (Fsp3) is 0.286. The number of nitrogens with zero attached hydrogens (tertiary/aromatic N) is 3. The minimum Gasteiger partial charge on any atom is -0.494 e. The molecule has 1 atom stereocenters. The molecular formula is C21H18Cl2FN3O3. The topological polar surface area (TPSA) is 68.5 Å². The second kappa shape index (κ2) is 8.62. The summed E-state index contributed by atoms with van der Waals surface area (Å²) in [4.78, 5) is 19.1. The van der Waals surface area contributed by atoms with Gasteiger partial charge in [-0.15, -0.1) is 0 Å². The van der Waals surface area contributed by atoms with Crippen molar-refractivity contribution in [2.45, 2.75) is 18.8 Å². The second-order valence-electron chi connectivity index (χ2n) is 7.03. The van der Waals surface area contributed by atoms with E-state index in [1.165, 1.54) is 19.2 Å². The Morgan fingerprint density at radius 1 is 1.27 bits per heavy atom. The van der Waals surface area contributed by atoms with E-state index < -0.39 is 0 Å². The molecule has 0 bridgehead atoms. The normalized spacial score (nSPS) is 16.5. The van der Waals surface area contributed by atoms with E-state index >= 15 is 0 Å². The van der Waals surface area contributed by atoms with Gasteiger partial charge >= 0.3 is 0 Å². The van der Waals surface area contributed by atoms with Crippen LogP contribution in [-0.2, 0) is 0 Å². The van der Waals surface area contributed by atoms with Crippen LogP contribution in [-0.4, -0.2) is 41.1 Å². The first-order valence-electron chi connectivity index (χ1n) is 9.38. The molecule has 1 aliphatic rings. The zero-order chi connectivity index (χ0) is 21.3. The van der Waals surface area contributed by atoms with E-state index in [-0.39, 0.29) is 27.7 Å². The smallest absolute Gasteiger partial charge is 0.253 e. The van der Waals surface area contributed by atoms with E-state index in [2.05, 4.69) is 10.1 Å². The summed E-state index contributed by atoms with van der Waals surface area (Å²) in [5.74, 6) is 0.421. The standard InChI is InChI=1S/C21H18Cl2FN3O3/c1-29-18-16(22)9-14(10-17(18)23)21(28)27-7-3-5-13(11-27)20-25-19(26-30-20)12-4-2-6-15(24)8-12/h2,4,6,8-10,13H,3,5,7,11H2,1H3. The summed E-state index contributed by atoms with van der Waals surface area (Å²) >= 11 is 12.3. The molecule has 3 aromatic rings. The SMILES string of the molecule is COc1c(Cl)cc(C(=O)N2CCCC(c3nc(-c4cccc(F)c4)no3)C2)cc1Cl. The number of halogens is 3. The van der Waals surface area contributed by atoms with Crippen molar-refractivity contribution in [2.75, 3.05) is 20.2 Å². The average Bonchev–Trinajstić information content (AvgIpc) is 3.23. The lowest BCUT2D eigenvalue weighted by atomic mass is 9.97. The fourth-order valence-corrected chi connectivity index (χ4v) is 4.21. The van der Waals surface area contributed by atoms with Crippen molar-refractivity contribution >= 4 is 29.1 Å². The van der Waals surface area contributed by atoms with Crippen molar-refractivity contribution in [1.82, 2.24) is 15.0 Å². The molecule has 0 spiro atoms. The molecule has 4 rings (SSSR count). The molecule has 1 aromatic heterocycles. The first-order chi connectivity index (χ1) is 14.5. The number of piperidine rings is 1. The Morgan fingerprint density at radius 2 is 2.03 bits per heavy atom. The van der Waals surface area contributed by atoms with Gasteiger partial charge < -0.3 is 14.2 Å². The van der Waals surface area contributed by atoms with Crippen LogP contribution in [0.2, 0.25) is 10.0 Å². The lowest BCUT2D eigenvalue weighted by molar-refractivity contribution is 0.0695. The summed E-state index contributed by atoms with van der Waals surface area (Å²) in [6.07, 6.45) is 1.59. The maximum atomic E-state index is 13.5. The predicted molar refractivity (Wildman–Crippen MR) is 111 cm³/mol. The second-order valence-corrected chi connectivity index (χ2v) is 7.84. The highest BCUT2D eigenvalue weighted by molar-refractivity contribution is 6.37. The number of likely N-dealkylation sites (tertiary alicyclic amines) is 1. The number of benzene rings is 2. The Balaban J connectivity index is 1.52. The Hall–Kier alpha value is -2.64. The van der Waals surface area contributed by atoms with E-state index in [0.717, 1.165) is 12.8 Å². The minimum atomic E-state index is -0.370. The molecular weight excluding hydrogens is 432 g/mol. The van der Waals surface area contributed by atoms with Gasteiger partial charge in [-0.25, -0.2) is 4.39 Å². The molecule has 1 unspecified atom stereocenters. The number of carbonyl (C=O) groups excluding carboxylic acids is 1. The van der Waals surface area contributed by atoms with Crippen LogP contribution in [0.5, 0.6) is 5.75 Å². The van der Waals surface area contributed by atoms with Crippen LogP contribution in [0.3, 0.4) is 0 Å². The van der Waals surface area contributed by atoms with Crippen molar-refractivity contribution in [3.63, 3.8) is 0 Å². The molecule has 1 aliphatic heterocycles. The van der Waals surface area contributed by atoms with Crippen LogP contribution in [0, 0.1) is 5.82 Å². The minimum absolute atomic E-state index is 0.110. The summed E-state index contributed by atoms with van der Waals surface area (Å²) in [5, 5.41) is 4.52. The Bertz CT molecular complexity index is 1070. The number of aromatic nitrogens is 2. The fourth-order valence-electron chi connectivity index (χ4n) is 3.57. The van der Waals surface area contributed by atoms with E-state index in [0.29, 0.717) is 41.7 Å². The number of amides is 1. The Morgan fingerprint density at radius 3 is 2.73 bits per heavy atom. The van der Waals surface area contributed by atoms with Gasteiger partial charge in [0.2, 0.25) is 11.7 Å². The molecule has 1 amide bonds. The lowest BCUT2D eigenvalue weighted by Crippen LogP contribution is -2.39. The van der Waals surface area contributed by atoms with Gasteiger partial charge in [-0.1, -0.05) is 40.5 Å². The molecule has 0 radical (unpaired) electrons. The summed E-state index contributed by atoms with van der Waals surface area (Å²) in [6, 6.07) is 9.10. The number of rotatable bonds is 4. The van der Waals surface area contributed by atoms with Crippen molar-refractivity contribution in [2.24, 2.45) is 0 Å². The van der Waals surface area contributed by atoms with Gasteiger partial charge in [0.15, 0.2) is 5.75 Å². The summed E-state index contributed by atoms with van der Waals surface area (Å²) in [6.45, 7) is 1.02. The third-order valence-corrected chi connectivity index (χ3v) is 5.59. The van der Waals surface area contributed by atoms with Gasteiger partial charge in [0.05, 0.1) is 23.1 Å². The third kappa shape index (κ3) is 4.13. The van der Waals surface area contributed by atoms with Crippen molar-refractivity contribution in [1.29, 1.82) is 0 Å². The van der Waals surface area contributed by atoms with E-state index in [9.17, 15) is 9.18 Å². The molecule has 0 saturated carbocycles. The van der Waals surface area contributed by atoms with Crippen molar-refractivity contribution in [3.8, 4) is 17.1 Å². The third-order valence-electron chi connectivity index (χ3n) is 5.03. The largest absolute Gasteiger partial charge is 0.494 e. The summed E-state index contributed by atoms with van der Waals surface area (Å²) < 4.78 is 24.0. The predicted octanol–water partition coefficient (Wildman–Crippen LogP) is 5.21. The maximum absolute atomic E-state index is 13.5. The first kappa shape index (κ1) is 20.6. The highest BCUT2D eigenvalue weighted by Gasteiger charge is 2.30. The molecule has 30 heavy (non-hydrogen) atoms. The van der Waals surface area contributed by atoms with E-state index in [4.69, 9.17) is 32.5 Å². The van der Waals surface area contributed by atoms with Crippen LogP contribution >= 0.6 is 23.2 Å². The van der Waals surface area contributed by atoms with Gasteiger partial charge in [0.25, 0.3) is 5.91 Å². The first-order valence-corrected chi connectivity index (χ1v) is 10.1. The van der Waals surface area contributed by atoms with Gasteiger partial charge in [0.1, 0.15) is 5.82 Å². The number of hydrogen-bond donors (Lipinski definition) is 0. The highest BCUT2D eigenvalue weighted by atomic mass is 35.5. The molecule has 1 saturated heterocycles. The molecule has 2 heterocycles. The summed E-state index contributed by atoms with van der Waals surface area (Å²) in [7, 11) is 1.46. The lowest BCUT2D eigenvalue weighted by Gasteiger charge is -2.31. The Labute approximate surface area is 182 Å². The Kier molecular flexibility index (Phi) is 5.92. The van der Waals surface area contributed by atoms with Crippen LogP contribution in [0.1, 0.15) is 35.0 Å².